The van der Waals surface area contributed by atoms with Crippen LogP contribution in [-0.2, 0) is 4.79 Å². The highest BCUT2D eigenvalue weighted by Gasteiger charge is 2.04. The Kier molecular flexibility index (Phi) is 4.58. The molecule has 0 aliphatic carbocycles. The third-order valence-electron chi connectivity index (χ3n) is 2.25. The van der Waals surface area contributed by atoms with Crippen LogP contribution in [0.25, 0.3) is 6.08 Å². The third kappa shape index (κ3) is 3.80. The summed E-state index contributed by atoms with van der Waals surface area (Å²) in [5.74, 6) is -0.273. The number of nitrogens with one attached hydrogen (secondary N) is 1. The Morgan fingerprint density at radius 2 is 2.05 bits per heavy atom. The Morgan fingerprint density at radius 3 is 2.63 bits per heavy atom. The summed E-state index contributed by atoms with van der Waals surface area (Å²) in [4.78, 5) is 16.8. The van der Waals surface area contributed by atoms with Crippen molar-refractivity contribution < 1.29 is 4.79 Å². The number of nitrogens with zero attached hydrogens (tertiary/aromatic N) is 1. The topological polar surface area (TPSA) is 42.0 Å². The molecule has 0 fully saturated rings. The number of hydrogen-bond donors (Lipinski definition) is 1. The zero-order chi connectivity index (χ0) is 13.8. The van der Waals surface area contributed by atoms with E-state index in [-0.39, 0.29) is 5.91 Å². The zero-order valence-electron chi connectivity index (χ0n) is 9.98. The van der Waals surface area contributed by atoms with Gasteiger partial charge in [-0.25, -0.2) is 4.98 Å². The van der Waals surface area contributed by atoms with Crippen molar-refractivity contribution in [2.75, 3.05) is 5.32 Å². The lowest BCUT2D eigenvalue weighted by Gasteiger charge is -2.00. The molecule has 3 nitrogen and oxygen atoms in total. The molecule has 1 aromatic carbocycles. The minimum Gasteiger partial charge on any atom is -0.298 e. The minimum atomic E-state index is -0.273. The molecule has 98 valence electrons. The number of hydrogen-bond acceptors (Lipinski definition) is 3. The molecular formula is C13H10Cl2N2OS. The van der Waals surface area contributed by atoms with Crippen LogP contribution in [0.15, 0.2) is 30.5 Å². The molecule has 2 aromatic rings. The van der Waals surface area contributed by atoms with Crippen LogP contribution in [0.3, 0.4) is 0 Å². The van der Waals surface area contributed by atoms with Gasteiger partial charge in [0.1, 0.15) is 0 Å². The molecule has 0 aliphatic heterocycles. The highest BCUT2D eigenvalue weighted by Crippen LogP contribution is 2.25. The first-order valence-electron chi connectivity index (χ1n) is 5.42. The smallest absolute Gasteiger partial charge is 0.250 e. The Bertz CT molecular complexity index is 617. The van der Waals surface area contributed by atoms with Gasteiger partial charge in [0.2, 0.25) is 5.91 Å². The van der Waals surface area contributed by atoms with Crippen molar-refractivity contribution in [1.29, 1.82) is 0 Å². The maximum absolute atomic E-state index is 11.7. The lowest BCUT2D eigenvalue weighted by atomic mass is 10.2. The summed E-state index contributed by atoms with van der Waals surface area (Å²) in [6.45, 7) is 1.92. The van der Waals surface area contributed by atoms with E-state index in [1.165, 1.54) is 17.4 Å². The first-order valence-corrected chi connectivity index (χ1v) is 6.99. The largest absolute Gasteiger partial charge is 0.298 e. The van der Waals surface area contributed by atoms with Crippen LogP contribution in [0.1, 0.15) is 10.4 Å². The first-order chi connectivity index (χ1) is 9.06. The van der Waals surface area contributed by atoms with Crippen LogP contribution in [0, 0.1) is 6.92 Å². The maximum atomic E-state index is 11.7. The second-order valence-corrected chi connectivity index (χ2v) is 5.78. The van der Waals surface area contributed by atoms with Crippen molar-refractivity contribution in [3.63, 3.8) is 0 Å². The van der Waals surface area contributed by atoms with Crippen molar-refractivity contribution >= 4 is 51.7 Å². The van der Waals surface area contributed by atoms with Gasteiger partial charge in [0, 0.05) is 32.8 Å². The monoisotopic (exact) mass is 312 g/mol. The zero-order valence-corrected chi connectivity index (χ0v) is 12.3. The van der Waals surface area contributed by atoms with Gasteiger partial charge < -0.3 is 0 Å². The Morgan fingerprint density at radius 1 is 1.37 bits per heavy atom. The van der Waals surface area contributed by atoms with Crippen LogP contribution in [-0.4, -0.2) is 10.9 Å². The van der Waals surface area contributed by atoms with E-state index in [0.717, 1.165) is 4.88 Å². The van der Waals surface area contributed by atoms with Crippen LogP contribution >= 0.6 is 34.5 Å². The molecule has 1 N–H and O–H groups in total. The van der Waals surface area contributed by atoms with E-state index in [0.29, 0.717) is 20.7 Å². The van der Waals surface area contributed by atoms with Crippen LogP contribution < -0.4 is 5.32 Å². The van der Waals surface area contributed by atoms with Crippen molar-refractivity contribution in [2.45, 2.75) is 6.92 Å². The van der Waals surface area contributed by atoms with E-state index < -0.39 is 0 Å². The molecular weight excluding hydrogens is 303 g/mol. The molecule has 0 unspecified atom stereocenters. The molecule has 0 atom stereocenters. The highest BCUT2D eigenvalue weighted by molar-refractivity contribution is 7.15. The molecule has 1 aromatic heterocycles. The van der Waals surface area contributed by atoms with Gasteiger partial charge in [-0.2, -0.15) is 0 Å². The van der Waals surface area contributed by atoms with Crippen molar-refractivity contribution in [3.05, 3.63) is 51.0 Å². The quantitative estimate of drug-likeness (QED) is 0.853. The number of anilines is 1. The van der Waals surface area contributed by atoms with E-state index in [1.807, 2.05) is 6.92 Å². The Labute approximate surface area is 124 Å². The molecule has 0 radical (unpaired) electrons. The van der Waals surface area contributed by atoms with Gasteiger partial charge in [-0.15, -0.1) is 11.3 Å². The standard InChI is InChI=1S/C13H10Cl2N2OS/c1-8-7-16-13(19-8)17-12(18)6-5-9-10(14)3-2-4-11(9)15/h2-7H,1H3,(H,16,17,18). The fraction of sp³-hybridized carbons (Fsp3) is 0.0769. The van der Waals surface area contributed by atoms with Gasteiger partial charge in [0.15, 0.2) is 5.13 Å². The van der Waals surface area contributed by atoms with Gasteiger partial charge in [-0.3, -0.25) is 10.1 Å². The third-order valence-corrected chi connectivity index (χ3v) is 3.74. The number of aryl methyl sites for hydroxylation is 1. The molecule has 0 saturated heterocycles. The van der Waals surface area contributed by atoms with Crippen molar-refractivity contribution in [3.8, 4) is 0 Å². The van der Waals surface area contributed by atoms with E-state index >= 15 is 0 Å². The van der Waals surface area contributed by atoms with Gasteiger partial charge in [0.25, 0.3) is 0 Å². The highest BCUT2D eigenvalue weighted by atomic mass is 35.5. The number of halogens is 2. The predicted octanol–water partition coefficient (Wildman–Crippen LogP) is 4.41. The van der Waals surface area contributed by atoms with E-state index in [9.17, 15) is 4.79 Å². The SMILES string of the molecule is Cc1cnc(NC(=O)C=Cc2c(Cl)cccc2Cl)s1. The molecule has 1 amide bonds. The number of thiazole rings is 1. The summed E-state index contributed by atoms with van der Waals surface area (Å²) in [6, 6.07) is 5.19. The van der Waals surface area contributed by atoms with E-state index in [4.69, 9.17) is 23.2 Å². The maximum Gasteiger partial charge on any atom is 0.250 e. The van der Waals surface area contributed by atoms with Crippen LogP contribution in [0.4, 0.5) is 5.13 Å². The molecule has 1 heterocycles. The Balaban J connectivity index is 2.08. The molecule has 19 heavy (non-hydrogen) atoms. The molecule has 0 saturated carbocycles. The molecule has 0 aliphatic rings. The lowest BCUT2D eigenvalue weighted by Crippen LogP contribution is -2.07. The number of carbonyl (C=O) groups is 1. The normalized spacial score (nSPS) is 10.9. The summed E-state index contributed by atoms with van der Waals surface area (Å²) >= 11 is 13.4. The van der Waals surface area contributed by atoms with E-state index in [1.54, 1.807) is 30.5 Å². The van der Waals surface area contributed by atoms with Crippen molar-refractivity contribution in [1.82, 2.24) is 4.98 Å². The lowest BCUT2D eigenvalue weighted by molar-refractivity contribution is -0.111. The summed E-state index contributed by atoms with van der Waals surface area (Å²) in [7, 11) is 0. The second kappa shape index (κ2) is 6.19. The van der Waals surface area contributed by atoms with Crippen molar-refractivity contribution in [2.24, 2.45) is 0 Å². The molecule has 0 bridgehead atoms. The fourth-order valence-electron chi connectivity index (χ4n) is 1.39. The van der Waals surface area contributed by atoms with Gasteiger partial charge in [0.05, 0.1) is 0 Å². The first kappa shape index (κ1) is 14.1. The number of amides is 1. The molecule has 6 heteroatoms. The number of aromatic nitrogens is 1. The van der Waals surface area contributed by atoms with Crippen LogP contribution in [0.5, 0.6) is 0 Å². The minimum absolute atomic E-state index is 0.273. The second-order valence-electron chi connectivity index (χ2n) is 3.73. The predicted molar refractivity (Wildman–Crippen MR) is 81.0 cm³/mol. The molecule has 2 rings (SSSR count). The summed E-state index contributed by atoms with van der Waals surface area (Å²) in [5, 5.41) is 4.24. The van der Waals surface area contributed by atoms with Gasteiger partial charge in [-0.1, -0.05) is 29.3 Å². The van der Waals surface area contributed by atoms with Gasteiger partial charge >= 0.3 is 0 Å². The molecule has 0 spiro atoms. The summed E-state index contributed by atoms with van der Waals surface area (Å²) in [6.07, 6.45) is 4.67. The fourth-order valence-corrected chi connectivity index (χ4v) is 2.58. The summed E-state index contributed by atoms with van der Waals surface area (Å²) in [5.41, 5.74) is 0.622. The average molecular weight is 313 g/mol. The Hall–Kier alpha value is -1.36. The number of benzene rings is 1. The average Bonchev–Trinajstić information content (AvgIpc) is 2.74. The number of rotatable bonds is 3. The van der Waals surface area contributed by atoms with Crippen LogP contribution in [0.2, 0.25) is 10.0 Å². The summed E-state index contributed by atoms with van der Waals surface area (Å²) < 4.78 is 0. The number of carbonyl (C=O) groups excluding carboxylic acids is 1. The van der Waals surface area contributed by atoms with E-state index in [2.05, 4.69) is 10.3 Å². The van der Waals surface area contributed by atoms with Gasteiger partial charge in [-0.05, 0) is 25.1 Å².